The van der Waals surface area contributed by atoms with Crippen LogP contribution in [0.2, 0.25) is 5.22 Å². The molecule has 1 N–H and O–H groups in total. The van der Waals surface area contributed by atoms with E-state index in [1.54, 1.807) is 6.07 Å². The van der Waals surface area contributed by atoms with Crippen molar-refractivity contribution in [1.82, 2.24) is 5.32 Å². The van der Waals surface area contributed by atoms with E-state index in [4.69, 9.17) is 16.0 Å². The maximum Gasteiger partial charge on any atom is 0.287 e. The summed E-state index contributed by atoms with van der Waals surface area (Å²) in [6.45, 7) is 3.75. The highest BCUT2D eigenvalue weighted by Gasteiger charge is 2.14. The van der Waals surface area contributed by atoms with Crippen LogP contribution in [0.3, 0.4) is 0 Å². The van der Waals surface area contributed by atoms with Crippen LogP contribution in [0.15, 0.2) is 15.0 Å². The van der Waals surface area contributed by atoms with Gasteiger partial charge in [-0.25, -0.2) is 0 Å². The highest BCUT2D eigenvalue weighted by atomic mass is 79.9. The van der Waals surface area contributed by atoms with E-state index in [2.05, 4.69) is 21.2 Å². The SMILES string of the molecule is CC(C)NC(=O)c1cc(Br)c(Cl)o1. The predicted molar refractivity (Wildman–Crippen MR) is 54.0 cm³/mol. The van der Waals surface area contributed by atoms with Crippen molar-refractivity contribution in [3.63, 3.8) is 0 Å². The van der Waals surface area contributed by atoms with Gasteiger partial charge in [-0.15, -0.1) is 0 Å². The maximum atomic E-state index is 11.3. The van der Waals surface area contributed by atoms with Gasteiger partial charge in [0.15, 0.2) is 5.76 Å². The molecule has 0 aliphatic heterocycles. The summed E-state index contributed by atoms with van der Waals surface area (Å²) in [4.78, 5) is 11.3. The summed E-state index contributed by atoms with van der Waals surface area (Å²) in [6, 6.07) is 1.62. The molecule has 72 valence electrons. The molecule has 0 spiro atoms. The molecular formula is C8H9BrClNO2. The standard InChI is InChI=1S/C8H9BrClNO2/c1-4(2)11-8(12)6-3-5(9)7(10)13-6/h3-4H,1-2H3,(H,11,12). The summed E-state index contributed by atoms with van der Waals surface area (Å²) in [7, 11) is 0. The van der Waals surface area contributed by atoms with Crippen LogP contribution in [0.4, 0.5) is 0 Å². The second kappa shape index (κ2) is 4.15. The molecule has 0 fully saturated rings. The van der Waals surface area contributed by atoms with Crippen molar-refractivity contribution in [1.29, 1.82) is 0 Å². The zero-order valence-corrected chi connectivity index (χ0v) is 9.57. The first-order chi connectivity index (χ1) is 6.00. The van der Waals surface area contributed by atoms with E-state index in [-0.39, 0.29) is 22.9 Å². The number of hydrogen-bond acceptors (Lipinski definition) is 2. The van der Waals surface area contributed by atoms with Gasteiger partial charge >= 0.3 is 0 Å². The van der Waals surface area contributed by atoms with Crippen LogP contribution in [-0.2, 0) is 0 Å². The summed E-state index contributed by atoms with van der Waals surface area (Å²) < 4.78 is 5.57. The van der Waals surface area contributed by atoms with Crippen molar-refractivity contribution < 1.29 is 9.21 Å². The van der Waals surface area contributed by atoms with E-state index in [0.717, 1.165) is 0 Å². The van der Waals surface area contributed by atoms with Gasteiger partial charge in [0.1, 0.15) is 0 Å². The molecule has 1 aromatic rings. The minimum absolute atomic E-state index is 0.0788. The molecule has 0 aromatic carbocycles. The molecule has 0 bridgehead atoms. The van der Waals surface area contributed by atoms with Crippen molar-refractivity contribution >= 4 is 33.4 Å². The van der Waals surface area contributed by atoms with E-state index in [1.807, 2.05) is 13.8 Å². The number of halogens is 2. The molecule has 3 nitrogen and oxygen atoms in total. The highest BCUT2D eigenvalue weighted by molar-refractivity contribution is 9.10. The Morgan fingerprint density at radius 2 is 2.31 bits per heavy atom. The van der Waals surface area contributed by atoms with Crippen LogP contribution < -0.4 is 5.32 Å². The fourth-order valence-electron chi connectivity index (χ4n) is 0.792. The average molecular weight is 267 g/mol. The third kappa shape index (κ3) is 2.74. The fraction of sp³-hybridized carbons (Fsp3) is 0.375. The summed E-state index contributed by atoms with van der Waals surface area (Å²) in [5.41, 5.74) is 0. The van der Waals surface area contributed by atoms with Gasteiger partial charge in [0.2, 0.25) is 5.22 Å². The summed E-state index contributed by atoms with van der Waals surface area (Å²) >= 11 is 8.76. The Morgan fingerprint density at radius 3 is 2.69 bits per heavy atom. The molecule has 0 aliphatic carbocycles. The predicted octanol–water partition coefficient (Wildman–Crippen LogP) is 2.83. The second-order valence-corrected chi connectivity index (χ2v) is 4.06. The number of amides is 1. The number of rotatable bonds is 2. The van der Waals surface area contributed by atoms with Crippen LogP contribution in [-0.4, -0.2) is 11.9 Å². The fourth-order valence-corrected chi connectivity index (χ4v) is 1.22. The number of hydrogen-bond donors (Lipinski definition) is 1. The van der Waals surface area contributed by atoms with E-state index in [9.17, 15) is 4.79 Å². The minimum Gasteiger partial charge on any atom is -0.438 e. The van der Waals surface area contributed by atoms with Gasteiger partial charge in [0.25, 0.3) is 5.91 Å². The van der Waals surface area contributed by atoms with Gasteiger partial charge < -0.3 is 9.73 Å². The Hall–Kier alpha value is -0.480. The van der Waals surface area contributed by atoms with E-state index in [0.29, 0.717) is 4.47 Å². The summed E-state index contributed by atoms with van der Waals surface area (Å²) in [6.07, 6.45) is 0. The van der Waals surface area contributed by atoms with Gasteiger partial charge in [-0.1, -0.05) is 0 Å². The molecule has 0 saturated carbocycles. The third-order valence-corrected chi connectivity index (χ3v) is 2.39. The average Bonchev–Trinajstić information content (AvgIpc) is 2.31. The van der Waals surface area contributed by atoms with Gasteiger partial charge in [0.05, 0.1) is 4.47 Å². The van der Waals surface area contributed by atoms with Gasteiger partial charge in [-0.05, 0) is 41.4 Å². The van der Waals surface area contributed by atoms with E-state index >= 15 is 0 Å². The van der Waals surface area contributed by atoms with E-state index < -0.39 is 0 Å². The smallest absolute Gasteiger partial charge is 0.287 e. The molecule has 0 atom stereocenters. The van der Waals surface area contributed by atoms with Crippen molar-refractivity contribution in [3.8, 4) is 0 Å². The molecular weight excluding hydrogens is 257 g/mol. The normalized spacial score (nSPS) is 10.5. The van der Waals surface area contributed by atoms with E-state index in [1.165, 1.54) is 0 Å². The highest BCUT2D eigenvalue weighted by Crippen LogP contribution is 2.26. The first-order valence-electron chi connectivity index (χ1n) is 3.76. The molecule has 0 radical (unpaired) electrons. The molecule has 13 heavy (non-hydrogen) atoms. The lowest BCUT2D eigenvalue weighted by Gasteiger charge is -2.04. The quantitative estimate of drug-likeness (QED) is 0.894. The Balaban J connectivity index is 2.77. The zero-order chi connectivity index (χ0) is 10.0. The number of nitrogens with one attached hydrogen (secondary N) is 1. The largest absolute Gasteiger partial charge is 0.438 e. The first kappa shape index (κ1) is 10.6. The van der Waals surface area contributed by atoms with Crippen molar-refractivity contribution in [3.05, 3.63) is 21.5 Å². The lowest BCUT2D eigenvalue weighted by Crippen LogP contribution is -2.29. The topological polar surface area (TPSA) is 42.2 Å². The minimum atomic E-state index is -0.261. The Bertz CT molecular complexity index is 302. The Kier molecular flexibility index (Phi) is 3.39. The lowest BCUT2D eigenvalue weighted by molar-refractivity contribution is 0.0915. The second-order valence-electron chi connectivity index (χ2n) is 2.86. The van der Waals surface area contributed by atoms with Crippen LogP contribution >= 0.6 is 27.5 Å². The van der Waals surface area contributed by atoms with Crippen molar-refractivity contribution in [2.75, 3.05) is 0 Å². The Labute approximate surface area is 89.6 Å². The monoisotopic (exact) mass is 265 g/mol. The van der Waals surface area contributed by atoms with Gasteiger partial charge in [-0.3, -0.25) is 4.79 Å². The number of carbonyl (C=O) groups is 1. The molecule has 1 aromatic heterocycles. The number of carbonyl (C=O) groups excluding carboxylic acids is 1. The Morgan fingerprint density at radius 1 is 1.69 bits per heavy atom. The van der Waals surface area contributed by atoms with Crippen LogP contribution in [0.1, 0.15) is 24.4 Å². The maximum absolute atomic E-state index is 11.3. The van der Waals surface area contributed by atoms with Gasteiger partial charge in [-0.2, -0.15) is 0 Å². The van der Waals surface area contributed by atoms with Crippen LogP contribution in [0.5, 0.6) is 0 Å². The third-order valence-electron chi connectivity index (χ3n) is 1.29. The molecule has 1 amide bonds. The van der Waals surface area contributed by atoms with Crippen molar-refractivity contribution in [2.45, 2.75) is 19.9 Å². The van der Waals surface area contributed by atoms with Crippen LogP contribution in [0, 0.1) is 0 Å². The summed E-state index contributed by atoms with van der Waals surface area (Å²) in [5.74, 6) is -0.0480. The molecule has 0 unspecified atom stereocenters. The first-order valence-corrected chi connectivity index (χ1v) is 4.93. The zero-order valence-electron chi connectivity index (χ0n) is 7.23. The van der Waals surface area contributed by atoms with Crippen LogP contribution in [0.25, 0.3) is 0 Å². The van der Waals surface area contributed by atoms with Gasteiger partial charge in [0, 0.05) is 12.1 Å². The number of furan rings is 1. The van der Waals surface area contributed by atoms with Crippen molar-refractivity contribution in [2.24, 2.45) is 0 Å². The molecule has 0 aliphatic rings. The molecule has 0 saturated heterocycles. The summed E-state index contributed by atoms with van der Waals surface area (Å²) in [5, 5.41) is 2.88. The molecule has 1 rings (SSSR count). The molecule has 5 heteroatoms. The molecule has 1 heterocycles. The lowest BCUT2D eigenvalue weighted by atomic mass is 10.3.